The van der Waals surface area contributed by atoms with E-state index in [-0.39, 0.29) is 315 Å². The second-order valence-corrected chi connectivity index (χ2v) is 30.9. The molecule has 10 rings (SSSR count). The van der Waals surface area contributed by atoms with E-state index in [1.54, 1.807) is 27.7 Å². The quantitative estimate of drug-likeness (QED) is 0.0130. The van der Waals surface area contributed by atoms with Crippen molar-refractivity contribution in [3.63, 3.8) is 0 Å². The number of carboxylic acid groups (broad SMARTS) is 4. The third kappa shape index (κ3) is 46.8. The fourth-order valence-electron chi connectivity index (χ4n) is 14.1. The van der Waals surface area contributed by atoms with Crippen LogP contribution >= 0.6 is 0 Å². The van der Waals surface area contributed by atoms with Crippen LogP contribution < -0.4 is 10.6 Å². The molecule has 0 aliphatic rings. The van der Waals surface area contributed by atoms with E-state index in [1.807, 2.05) is 248 Å². The van der Waals surface area contributed by atoms with E-state index in [0.717, 1.165) is 104 Å². The van der Waals surface area contributed by atoms with Crippen molar-refractivity contribution in [1.29, 1.82) is 0 Å². The molecule has 2 heterocycles. The van der Waals surface area contributed by atoms with Crippen LogP contribution in [0.1, 0.15) is 169 Å². The third-order valence-electron chi connectivity index (χ3n) is 20.4. The van der Waals surface area contributed by atoms with Gasteiger partial charge in [-0.25, -0.2) is 9.59 Å². The van der Waals surface area contributed by atoms with Gasteiger partial charge >= 0.3 is 35.8 Å². The van der Waals surface area contributed by atoms with Crippen molar-refractivity contribution in [1.82, 2.24) is 61.7 Å². The molecule has 4 amide bonds. The number of aliphatic carboxylic acids is 4. The van der Waals surface area contributed by atoms with Crippen molar-refractivity contribution < 1.29 is 105 Å². The van der Waals surface area contributed by atoms with Crippen molar-refractivity contribution in [3.8, 4) is 67.3 Å². The van der Waals surface area contributed by atoms with E-state index in [0.29, 0.717) is 63.4 Å². The zero-order chi connectivity index (χ0) is 90.0. The first-order valence-corrected chi connectivity index (χ1v) is 42.1. The summed E-state index contributed by atoms with van der Waals surface area (Å²) in [6.45, 7) is 19.5. The molecule has 0 unspecified atom stereocenters. The Morgan fingerprint density at radius 1 is 0.356 bits per heavy atom. The number of H-pyrrole nitrogens is 2. The van der Waals surface area contributed by atoms with E-state index in [1.165, 1.54) is 9.80 Å². The minimum Gasteiger partial charge on any atom is -0.481 e. The van der Waals surface area contributed by atoms with Crippen molar-refractivity contribution in [2.75, 3.05) is 13.2 Å². The van der Waals surface area contributed by atoms with Crippen molar-refractivity contribution in [2.24, 2.45) is 23.7 Å². The van der Waals surface area contributed by atoms with Crippen LogP contribution in [0.5, 0.6) is 0 Å². The van der Waals surface area contributed by atoms with Gasteiger partial charge in [-0.2, -0.15) is 10.4 Å². The van der Waals surface area contributed by atoms with Gasteiger partial charge in [0.2, 0.25) is 35.3 Å². The summed E-state index contributed by atoms with van der Waals surface area (Å²) in [7, 11) is 0. The number of rotatable bonds is 42. The Morgan fingerprint density at radius 3 is 0.904 bits per heavy atom. The zero-order valence-corrected chi connectivity index (χ0v) is 92.7. The molecule has 0 saturated heterocycles. The van der Waals surface area contributed by atoms with Gasteiger partial charge in [-0.15, -0.1) is 20.4 Å². The Morgan fingerprint density at radius 2 is 0.637 bits per heavy atom. The summed E-state index contributed by atoms with van der Waals surface area (Å²) in [6.07, 6.45) is 5.23. The van der Waals surface area contributed by atoms with Gasteiger partial charge in [0.15, 0.2) is 0 Å². The van der Waals surface area contributed by atoms with E-state index in [9.17, 15) is 58.2 Å². The molecule has 0 saturated carbocycles. The van der Waals surface area contributed by atoms with Crippen molar-refractivity contribution >= 4 is 237 Å². The molecule has 0 spiro atoms. The number of nitrogens with one attached hydrogen (secondary N) is 4. The number of ether oxygens (including phenoxy) is 2. The third-order valence-corrected chi connectivity index (χ3v) is 20.4. The second-order valence-electron chi connectivity index (χ2n) is 30.9. The van der Waals surface area contributed by atoms with Crippen LogP contribution in [-0.4, -0.2) is 373 Å². The number of carbonyl (C=O) groups is 10. The molecule has 39 heteroatoms. The Hall–Kier alpha value is -7.60. The first-order valence-electron chi connectivity index (χ1n) is 42.1. The monoisotopic (exact) mass is 1920 g/mol. The van der Waals surface area contributed by atoms with E-state index in [2.05, 4.69) is 51.9 Å². The summed E-state index contributed by atoms with van der Waals surface area (Å²) in [5.74, 6) is -5.63. The minimum atomic E-state index is -1.02. The molecular weight excluding hydrogens is 1800 g/mol. The molecule has 18 N–H and O–H groups in total. The summed E-state index contributed by atoms with van der Waals surface area (Å²) < 4.78 is 10.1. The average Bonchev–Trinajstić information content (AvgIpc) is 1.75. The molecule has 0 aliphatic carbocycles. The molecule has 6 radical (unpaired) electrons. The number of aromatic amines is 2. The molecule has 10 aromatic rings. The first kappa shape index (κ1) is 136. The molecule has 33 nitrogen and oxygen atoms in total. The maximum atomic E-state index is 12.9. The average molecular weight is 1920 g/mol. The minimum absolute atomic E-state index is 0. The molecule has 2 aromatic heterocycles. The van der Waals surface area contributed by atoms with Gasteiger partial charge < -0.3 is 77.7 Å². The Bertz CT molecular complexity index is 4720. The van der Waals surface area contributed by atoms with Crippen molar-refractivity contribution in [2.45, 2.75) is 196 Å². The number of hydrogen-bond acceptors (Lipinski definition) is 18. The molecule has 135 heavy (non-hydrogen) atoms. The number of carboxylic acids is 4. The summed E-state index contributed by atoms with van der Waals surface area (Å²) >= 11 is 0. The Kier molecular flexibility index (Phi) is 74.0. The van der Waals surface area contributed by atoms with Gasteiger partial charge in [-0.1, -0.05) is 274 Å². The number of amides is 4. The number of hydrogen-bond donors (Lipinski definition) is 8. The van der Waals surface area contributed by atoms with E-state index >= 15 is 0 Å². The second kappa shape index (κ2) is 73.5. The van der Waals surface area contributed by atoms with Crippen molar-refractivity contribution in [3.05, 3.63) is 229 Å². The topological polar surface area (TPSA) is 567 Å². The predicted molar refractivity (Wildman–Crippen MR) is 525 cm³/mol. The first-order chi connectivity index (χ1) is 59.6. The van der Waals surface area contributed by atoms with Crippen LogP contribution in [0.25, 0.3) is 67.3 Å². The standard InChI is InChI=1S/2C24H29N5O3.2C24H29NO5.6Na.5H2O/c2*1-4-5-10-21(30)29(22(16(2)3)24(31)32)15-17-11-13-18(14-12-17)19-8-6-7-9-20(19)23-25-27-28-26-23;2*1-3-30-24(29)17(2)15-21(25-22(26)13-14-23(27)28)16-18-9-11-20(12-10-18)19-7-5-4-6-8-19;;;;;;;;;;;/h2*6-9,11-14,16,22H,4-5,10,15H2,1-3H3,(H,31,32)(H,25,26,27,28);2*4-12,17,21H,3,13-16H2,1-2H3,(H,25,26)(H,27,28);;;;;;;5*1H2/t2*22-;2*17-,21+;;;;;;;;;;;/m0011.........../s1. The smallest absolute Gasteiger partial charge is 0.326 e. The number of aromatic nitrogens is 8. The number of tetrazole rings is 2. The van der Waals surface area contributed by atoms with Gasteiger partial charge in [0.05, 0.1) is 37.9 Å². The molecule has 702 valence electrons. The van der Waals surface area contributed by atoms with Gasteiger partial charge in [-0.05, 0) is 141 Å². The Labute approximate surface area is 922 Å². The Balaban J connectivity index is -0.000000542. The van der Waals surface area contributed by atoms with Crippen LogP contribution in [0.4, 0.5) is 0 Å². The summed E-state index contributed by atoms with van der Waals surface area (Å²) in [4.78, 5) is 122. The maximum absolute atomic E-state index is 12.9. The van der Waals surface area contributed by atoms with Gasteiger partial charge in [0.1, 0.15) is 12.1 Å². The van der Waals surface area contributed by atoms with Gasteiger partial charge in [0.25, 0.3) is 0 Å². The van der Waals surface area contributed by atoms with Crippen LogP contribution in [-0.2, 0) is 83.4 Å². The molecule has 6 atom stereocenters. The molecule has 8 aromatic carbocycles. The number of unbranched alkanes of at least 4 members (excludes halogenated alkanes) is 2. The van der Waals surface area contributed by atoms with Crippen LogP contribution in [0.3, 0.4) is 0 Å². The van der Waals surface area contributed by atoms with E-state index < -0.39 is 36.0 Å². The maximum Gasteiger partial charge on any atom is 0.326 e. The molecular formula is C96H126N12Na6O21. The predicted octanol–water partition coefficient (Wildman–Crippen LogP) is 9.59. The molecule has 0 aliphatic heterocycles. The number of nitrogens with zero attached hydrogens (tertiary/aromatic N) is 8. The summed E-state index contributed by atoms with van der Waals surface area (Å²) in [5, 5.41) is 71.4. The molecule has 0 bridgehead atoms. The van der Waals surface area contributed by atoms with Gasteiger partial charge in [0, 0.05) is 239 Å². The van der Waals surface area contributed by atoms with Crippen LogP contribution in [0, 0.1) is 23.7 Å². The number of esters is 2. The normalized spacial score (nSPS) is 11.3. The summed E-state index contributed by atoms with van der Waals surface area (Å²) in [5.41, 5.74) is 13.8. The van der Waals surface area contributed by atoms with Gasteiger partial charge in [-0.3, -0.25) is 38.4 Å². The largest absolute Gasteiger partial charge is 0.481 e. The number of benzene rings is 8. The molecule has 0 fully saturated rings. The zero-order valence-electron chi connectivity index (χ0n) is 80.7. The van der Waals surface area contributed by atoms with E-state index in [4.69, 9.17) is 19.7 Å². The SMILES string of the molecule is CCCCC(=O)N(Cc1ccc(-c2ccccc2-c2nn[nH]n2)cc1)[C@H](C(=O)O)C(C)C.CCCCC(=O)N(Cc1ccc(-c2ccccc2-c2nn[nH]n2)cc1)[C@H](C(=O)O)C(C)C.CCOC(=O)[C@H](C)C[C@@H](Cc1ccc(-c2ccccc2)cc1)NC(=O)CCC(=O)O.CCOC(=O)[C@H](C)C[C@@H](Cc1ccc(-c2ccccc2)cc1)NC(=O)CCC(=O)O.O.O.O.O.O.[Na].[Na].[Na].[Na].[Na].[Na]. The fourth-order valence-corrected chi connectivity index (χ4v) is 14.1. The summed E-state index contributed by atoms with van der Waals surface area (Å²) in [6, 6.07) is 65.1. The number of carbonyl (C=O) groups excluding carboxylic acids is 6. The fraction of sp³-hybridized carbons (Fsp3) is 0.375. The van der Waals surface area contributed by atoms with Crippen LogP contribution in [0.2, 0.25) is 0 Å². The van der Waals surface area contributed by atoms with Crippen LogP contribution in [0.15, 0.2) is 206 Å².